The highest BCUT2D eigenvalue weighted by Crippen LogP contribution is 2.36. The Balaban J connectivity index is 2.43. The molecule has 0 unspecified atom stereocenters. The predicted octanol–water partition coefficient (Wildman–Crippen LogP) is 2.32. The first-order valence-electron chi connectivity index (χ1n) is 5.03. The van der Waals surface area contributed by atoms with Crippen molar-refractivity contribution < 1.29 is 4.79 Å². The Morgan fingerprint density at radius 1 is 0.875 bits per heavy atom. The van der Waals surface area contributed by atoms with Crippen LogP contribution in [0.2, 0.25) is 0 Å². The average Bonchev–Trinajstić information content (AvgIpc) is 2.61. The molecule has 0 heterocycles. The van der Waals surface area contributed by atoms with Crippen molar-refractivity contribution in [2.24, 2.45) is 0 Å². The number of nitrogen functional groups attached to an aromatic ring is 1. The van der Waals surface area contributed by atoms with Crippen LogP contribution in [0.1, 0.15) is 11.1 Å². The molecule has 2 aromatic carbocycles. The topological polar surface area (TPSA) is 62.4 Å². The molecule has 0 aromatic heterocycles. The van der Waals surface area contributed by atoms with Gasteiger partial charge >= 0.3 is 5.71 Å². The van der Waals surface area contributed by atoms with Crippen LogP contribution in [0, 0.1) is 0 Å². The van der Waals surface area contributed by atoms with Gasteiger partial charge in [-0.05, 0) is 29.3 Å². The molecule has 0 saturated heterocycles. The zero-order valence-electron chi connectivity index (χ0n) is 8.51. The molecule has 0 saturated carbocycles. The lowest BCUT2D eigenvalue weighted by atomic mass is 10.1. The fraction of sp³-hybridized carbons (Fsp3) is 0. The summed E-state index contributed by atoms with van der Waals surface area (Å²) in [6.45, 7) is 0. The van der Waals surface area contributed by atoms with Gasteiger partial charge in [-0.2, -0.15) is 4.79 Å². The van der Waals surface area contributed by atoms with Gasteiger partial charge < -0.3 is 11.3 Å². The molecule has 0 radical (unpaired) electrons. The molecule has 1 aliphatic carbocycles. The first kappa shape index (κ1) is 8.89. The summed E-state index contributed by atoms with van der Waals surface area (Å²) in [5.41, 5.74) is 20.1. The molecule has 0 bridgehead atoms. The van der Waals surface area contributed by atoms with Crippen LogP contribution in [0.5, 0.6) is 0 Å². The molecule has 0 fully saturated rings. The van der Waals surface area contributed by atoms with Crippen LogP contribution in [-0.4, -0.2) is 10.5 Å². The average molecular weight is 207 g/mol. The molecular weight excluding hydrogens is 198 g/mol. The van der Waals surface area contributed by atoms with E-state index < -0.39 is 0 Å². The Morgan fingerprint density at radius 2 is 1.56 bits per heavy atom. The largest absolute Gasteiger partial charge is 0.399 e. The maximum absolute atomic E-state index is 9.10. The van der Waals surface area contributed by atoms with Crippen molar-refractivity contribution in [2.75, 3.05) is 5.73 Å². The van der Waals surface area contributed by atoms with Crippen molar-refractivity contribution in [3.8, 4) is 11.1 Å². The summed E-state index contributed by atoms with van der Waals surface area (Å²) in [4.78, 5) is 3.37. The van der Waals surface area contributed by atoms with E-state index in [0.717, 1.165) is 22.3 Å². The minimum absolute atomic E-state index is 0.595. The van der Waals surface area contributed by atoms with Crippen LogP contribution in [0.15, 0.2) is 42.5 Å². The quantitative estimate of drug-likeness (QED) is 0.343. The Hall–Kier alpha value is -2.38. The summed E-state index contributed by atoms with van der Waals surface area (Å²) < 4.78 is 0. The minimum Gasteiger partial charge on any atom is -0.399 e. The normalized spacial score (nSPS) is 11.9. The molecule has 0 atom stereocenters. The van der Waals surface area contributed by atoms with E-state index in [4.69, 9.17) is 11.3 Å². The Kier molecular flexibility index (Phi) is 1.70. The summed E-state index contributed by atoms with van der Waals surface area (Å²) in [7, 11) is 0. The standard InChI is InChI=1S/C13H9N3/c14-8-5-6-10-9-3-1-2-4-11(9)13(16-15)12(10)7-8/h1-7H,14H2. The highest BCUT2D eigenvalue weighted by molar-refractivity contribution is 6.22. The Morgan fingerprint density at radius 3 is 2.31 bits per heavy atom. The zero-order chi connectivity index (χ0) is 11.1. The van der Waals surface area contributed by atoms with E-state index in [9.17, 15) is 0 Å². The van der Waals surface area contributed by atoms with E-state index in [2.05, 4.69) is 4.79 Å². The molecule has 2 aromatic rings. The molecular formula is C13H9N3. The van der Waals surface area contributed by atoms with Crippen LogP contribution in [0.3, 0.4) is 0 Å². The fourth-order valence-corrected chi connectivity index (χ4v) is 2.17. The molecule has 0 amide bonds. The number of benzene rings is 2. The molecule has 16 heavy (non-hydrogen) atoms. The number of nitrogens with zero attached hydrogens (tertiary/aromatic N) is 2. The fourth-order valence-electron chi connectivity index (χ4n) is 2.17. The summed E-state index contributed by atoms with van der Waals surface area (Å²) in [5, 5.41) is 0. The lowest BCUT2D eigenvalue weighted by molar-refractivity contribution is -0.00242. The second-order valence-corrected chi connectivity index (χ2v) is 3.80. The molecule has 0 spiro atoms. The number of hydrogen-bond donors (Lipinski definition) is 1. The number of anilines is 1. The van der Waals surface area contributed by atoms with E-state index in [0.29, 0.717) is 11.4 Å². The van der Waals surface area contributed by atoms with E-state index in [1.54, 1.807) is 0 Å². The van der Waals surface area contributed by atoms with Crippen molar-refractivity contribution in [1.29, 1.82) is 0 Å². The highest BCUT2D eigenvalue weighted by Gasteiger charge is 2.30. The molecule has 76 valence electrons. The van der Waals surface area contributed by atoms with Crippen LogP contribution in [0.25, 0.3) is 16.7 Å². The number of fused-ring (bicyclic) bond motifs is 3. The second kappa shape index (κ2) is 3.05. The predicted molar refractivity (Wildman–Crippen MR) is 63.1 cm³/mol. The van der Waals surface area contributed by atoms with Gasteiger partial charge in [-0.3, -0.25) is 0 Å². The number of rotatable bonds is 0. The van der Waals surface area contributed by atoms with Crippen LogP contribution >= 0.6 is 0 Å². The number of hydrogen-bond acceptors (Lipinski definition) is 1. The van der Waals surface area contributed by atoms with Crippen molar-refractivity contribution in [3.63, 3.8) is 0 Å². The molecule has 2 N–H and O–H groups in total. The summed E-state index contributed by atoms with van der Waals surface area (Å²) in [6, 6.07) is 13.5. The van der Waals surface area contributed by atoms with Gasteiger partial charge in [0.15, 0.2) is 0 Å². The minimum atomic E-state index is 0.595. The third-order valence-electron chi connectivity index (χ3n) is 2.87. The van der Waals surface area contributed by atoms with E-state index in [1.165, 1.54) is 0 Å². The molecule has 0 aliphatic heterocycles. The summed E-state index contributed by atoms with van der Waals surface area (Å²) in [6.07, 6.45) is 0. The molecule has 3 rings (SSSR count). The van der Waals surface area contributed by atoms with Crippen LogP contribution in [0.4, 0.5) is 5.69 Å². The first-order valence-corrected chi connectivity index (χ1v) is 5.03. The lowest BCUT2D eigenvalue weighted by Crippen LogP contribution is -1.99. The molecule has 1 aliphatic rings. The Labute approximate surface area is 92.8 Å². The third-order valence-corrected chi connectivity index (χ3v) is 2.87. The van der Waals surface area contributed by atoms with Gasteiger partial charge in [-0.25, -0.2) is 0 Å². The van der Waals surface area contributed by atoms with Gasteiger partial charge in [0.25, 0.3) is 0 Å². The maximum atomic E-state index is 9.10. The summed E-state index contributed by atoms with van der Waals surface area (Å²) >= 11 is 0. The van der Waals surface area contributed by atoms with Crippen molar-refractivity contribution in [2.45, 2.75) is 0 Å². The monoisotopic (exact) mass is 207 g/mol. The van der Waals surface area contributed by atoms with Crippen LogP contribution in [-0.2, 0) is 0 Å². The second-order valence-electron chi connectivity index (χ2n) is 3.80. The smallest absolute Gasteiger partial charge is 0.330 e. The zero-order valence-corrected chi connectivity index (χ0v) is 8.51. The van der Waals surface area contributed by atoms with Crippen molar-refractivity contribution in [3.05, 3.63) is 59.1 Å². The van der Waals surface area contributed by atoms with Gasteiger partial charge in [0.05, 0.1) is 11.1 Å². The van der Waals surface area contributed by atoms with Gasteiger partial charge in [0, 0.05) is 5.69 Å². The maximum Gasteiger partial charge on any atom is 0.330 e. The summed E-state index contributed by atoms with van der Waals surface area (Å²) in [5.74, 6) is 0. The first-order chi connectivity index (χ1) is 7.81. The van der Waals surface area contributed by atoms with Gasteiger partial charge in [0.2, 0.25) is 0 Å². The lowest BCUT2D eigenvalue weighted by Gasteiger charge is -1.98. The molecule has 3 heteroatoms. The van der Waals surface area contributed by atoms with E-state index in [-0.39, 0.29) is 0 Å². The molecule has 3 nitrogen and oxygen atoms in total. The Bertz CT molecular complexity index is 637. The van der Waals surface area contributed by atoms with E-state index >= 15 is 0 Å². The van der Waals surface area contributed by atoms with Crippen molar-refractivity contribution in [1.82, 2.24) is 0 Å². The SMILES string of the molecule is [N-]=[N+]=C1c2ccccc2-c2ccc(N)cc21. The third kappa shape index (κ3) is 1.03. The van der Waals surface area contributed by atoms with Crippen LogP contribution < -0.4 is 5.73 Å². The van der Waals surface area contributed by atoms with Crippen molar-refractivity contribution >= 4 is 11.4 Å². The highest BCUT2D eigenvalue weighted by atomic mass is 14.9. The number of nitrogens with two attached hydrogens (primary N) is 1. The van der Waals surface area contributed by atoms with Gasteiger partial charge in [-0.15, -0.1) is 0 Å². The van der Waals surface area contributed by atoms with E-state index in [1.807, 2.05) is 42.5 Å². The van der Waals surface area contributed by atoms with Gasteiger partial charge in [-0.1, -0.05) is 24.3 Å². The van der Waals surface area contributed by atoms with Gasteiger partial charge in [0.1, 0.15) is 0 Å².